The first-order valence-corrected chi connectivity index (χ1v) is 9.31. The number of amides is 2. The van der Waals surface area contributed by atoms with Gasteiger partial charge in [-0.25, -0.2) is 9.48 Å². The molecule has 0 unspecified atom stereocenters. The minimum atomic E-state index is -0.658. The molecule has 3 rings (SSSR count). The monoisotopic (exact) mass is 396 g/mol. The second kappa shape index (κ2) is 8.70. The fraction of sp³-hybridized carbons (Fsp3) is 0.300. The van der Waals surface area contributed by atoms with E-state index in [0.29, 0.717) is 11.3 Å². The third-order valence-corrected chi connectivity index (χ3v) is 4.48. The van der Waals surface area contributed by atoms with Crippen LogP contribution in [0.15, 0.2) is 53.5 Å². The van der Waals surface area contributed by atoms with Gasteiger partial charge in [-0.1, -0.05) is 32.0 Å². The Balaban J connectivity index is 1.63. The van der Waals surface area contributed by atoms with Crippen molar-refractivity contribution in [1.82, 2.24) is 19.5 Å². The highest BCUT2D eigenvalue weighted by Crippen LogP contribution is 2.11. The van der Waals surface area contributed by atoms with Gasteiger partial charge in [-0.15, -0.1) is 5.10 Å². The molecule has 0 saturated heterocycles. The van der Waals surface area contributed by atoms with Crippen LogP contribution >= 0.6 is 0 Å². The maximum Gasteiger partial charge on any atom is 0.350 e. The largest absolute Gasteiger partial charge is 0.350 e. The van der Waals surface area contributed by atoms with Crippen molar-refractivity contribution in [2.75, 3.05) is 11.9 Å². The van der Waals surface area contributed by atoms with Crippen molar-refractivity contribution in [3.63, 3.8) is 0 Å². The van der Waals surface area contributed by atoms with E-state index < -0.39 is 6.04 Å². The lowest BCUT2D eigenvalue weighted by Gasteiger charge is -2.15. The number of aromatic nitrogens is 3. The minimum absolute atomic E-state index is 0.0160. The summed E-state index contributed by atoms with van der Waals surface area (Å²) in [5.74, 6) is -0.746. The molecule has 0 radical (unpaired) electrons. The van der Waals surface area contributed by atoms with Gasteiger partial charge in [0.15, 0.2) is 5.65 Å². The summed E-state index contributed by atoms with van der Waals surface area (Å²) in [5, 5.41) is 9.55. The molecule has 1 aromatic carbocycles. The minimum Gasteiger partial charge on any atom is -0.346 e. The zero-order valence-corrected chi connectivity index (χ0v) is 16.3. The highest BCUT2D eigenvalue weighted by Gasteiger charge is 2.17. The van der Waals surface area contributed by atoms with Crippen LogP contribution in [-0.4, -0.2) is 38.6 Å². The number of carbonyl (C=O) groups is 2. The molecule has 4 N–H and O–H groups in total. The maximum absolute atomic E-state index is 12.4. The molecule has 0 fully saturated rings. The SMILES string of the molecule is CC(C)[C@H](N)C(=O)NCC(=O)Nc1cccc(Cn2nc3ccccn3c2=O)c1. The van der Waals surface area contributed by atoms with E-state index in [1.165, 1.54) is 9.08 Å². The summed E-state index contributed by atoms with van der Waals surface area (Å²) in [4.78, 5) is 36.4. The normalized spacial score (nSPS) is 12.1. The van der Waals surface area contributed by atoms with Gasteiger partial charge in [0, 0.05) is 11.9 Å². The zero-order valence-electron chi connectivity index (χ0n) is 16.3. The summed E-state index contributed by atoms with van der Waals surface area (Å²) in [6, 6.07) is 11.8. The number of hydrogen-bond donors (Lipinski definition) is 3. The Labute approximate surface area is 167 Å². The molecule has 0 aliphatic rings. The summed E-state index contributed by atoms with van der Waals surface area (Å²) >= 11 is 0. The summed E-state index contributed by atoms with van der Waals surface area (Å²) in [6.07, 6.45) is 1.66. The molecular weight excluding hydrogens is 372 g/mol. The molecule has 9 nitrogen and oxygen atoms in total. The van der Waals surface area contributed by atoms with Crippen LogP contribution in [0.1, 0.15) is 19.4 Å². The second-order valence-electron chi connectivity index (χ2n) is 7.11. The van der Waals surface area contributed by atoms with Crippen LogP contribution in [0.2, 0.25) is 0 Å². The topological polar surface area (TPSA) is 124 Å². The second-order valence-corrected chi connectivity index (χ2v) is 7.11. The van der Waals surface area contributed by atoms with Crippen LogP contribution in [0.3, 0.4) is 0 Å². The van der Waals surface area contributed by atoms with Gasteiger partial charge in [-0.3, -0.25) is 14.0 Å². The predicted octanol–water partition coefficient (Wildman–Crippen LogP) is 0.582. The standard InChI is InChI=1S/C20H24N6O3/c1-13(2)18(21)19(28)22-11-17(27)23-15-7-5-6-14(10-15)12-26-20(29)25-9-4-3-8-16(25)24-26/h3-10,13,18H,11-12,21H2,1-2H3,(H,22,28)(H,23,27)/t18-/m0/s1. The Hall–Kier alpha value is -3.46. The van der Waals surface area contributed by atoms with Crippen LogP contribution in [0.4, 0.5) is 5.69 Å². The highest BCUT2D eigenvalue weighted by atomic mass is 16.2. The lowest BCUT2D eigenvalue weighted by atomic mass is 10.1. The molecule has 152 valence electrons. The molecule has 0 aliphatic carbocycles. The smallest absolute Gasteiger partial charge is 0.346 e. The quantitative estimate of drug-likeness (QED) is 0.539. The predicted molar refractivity (Wildman–Crippen MR) is 109 cm³/mol. The Bertz CT molecular complexity index is 1090. The average molecular weight is 396 g/mol. The maximum atomic E-state index is 12.4. The molecule has 0 bridgehead atoms. The van der Waals surface area contributed by atoms with E-state index in [1.807, 2.05) is 26.0 Å². The molecular formula is C20H24N6O3. The molecule has 2 heterocycles. The highest BCUT2D eigenvalue weighted by molar-refractivity contribution is 5.95. The molecule has 9 heteroatoms. The molecule has 1 atom stereocenters. The molecule has 3 aromatic rings. The number of rotatable bonds is 7. The number of nitrogens with one attached hydrogen (secondary N) is 2. The van der Waals surface area contributed by atoms with Crippen LogP contribution in [-0.2, 0) is 16.1 Å². The van der Waals surface area contributed by atoms with Crippen LogP contribution in [0.5, 0.6) is 0 Å². The van der Waals surface area contributed by atoms with E-state index in [4.69, 9.17) is 5.73 Å². The third kappa shape index (κ3) is 4.88. The average Bonchev–Trinajstić information content (AvgIpc) is 3.01. The number of hydrogen-bond acceptors (Lipinski definition) is 5. The first-order chi connectivity index (χ1) is 13.8. The van der Waals surface area contributed by atoms with Crippen LogP contribution < -0.4 is 22.1 Å². The van der Waals surface area contributed by atoms with Gasteiger partial charge in [0.05, 0.1) is 19.1 Å². The van der Waals surface area contributed by atoms with Gasteiger partial charge < -0.3 is 16.4 Å². The van der Waals surface area contributed by atoms with E-state index in [1.54, 1.807) is 36.5 Å². The lowest BCUT2D eigenvalue weighted by Crippen LogP contribution is -2.46. The Morgan fingerprint density at radius 1 is 1.17 bits per heavy atom. The number of anilines is 1. The van der Waals surface area contributed by atoms with Crippen molar-refractivity contribution in [2.24, 2.45) is 11.7 Å². The van der Waals surface area contributed by atoms with Gasteiger partial charge >= 0.3 is 5.69 Å². The van der Waals surface area contributed by atoms with Gasteiger partial charge in [-0.05, 0) is 35.7 Å². The van der Waals surface area contributed by atoms with E-state index in [0.717, 1.165) is 5.56 Å². The van der Waals surface area contributed by atoms with Crippen molar-refractivity contribution < 1.29 is 9.59 Å². The van der Waals surface area contributed by atoms with Gasteiger partial charge in [0.2, 0.25) is 11.8 Å². The zero-order chi connectivity index (χ0) is 21.0. The number of benzene rings is 1. The van der Waals surface area contributed by atoms with Gasteiger partial charge in [-0.2, -0.15) is 0 Å². The molecule has 0 saturated carbocycles. The first kappa shape index (κ1) is 20.3. The summed E-state index contributed by atoms with van der Waals surface area (Å²) in [7, 11) is 0. The van der Waals surface area contributed by atoms with Crippen LogP contribution in [0, 0.1) is 5.92 Å². The fourth-order valence-electron chi connectivity index (χ4n) is 2.78. The number of carbonyl (C=O) groups excluding carboxylic acids is 2. The van der Waals surface area contributed by atoms with Crippen molar-refractivity contribution in [1.29, 1.82) is 0 Å². The van der Waals surface area contributed by atoms with E-state index >= 15 is 0 Å². The Morgan fingerprint density at radius 2 is 1.97 bits per heavy atom. The fourth-order valence-corrected chi connectivity index (χ4v) is 2.78. The molecule has 0 aliphatic heterocycles. The lowest BCUT2D eigenvalue weighted by molar-refractivity contribution is -0.125. The molecule has 2 amide bonds. The van der Waals surface area contributed by atoms with Crippen molar-refractivity contribution in [3.05, 3.63) is 64.7 Å². The van der Waals surface area contributed by atoms with Crippen LogP contribution in [0.25, 0.3) is 5.65 Å². The van der Waals surface area contributed by atoms with E-state index in [-0.39, 0.29) is 36.5 Å². The number of fused-ring (bicyclic) bond motifs is 1. The van der Waals surface area contributed by atoms with Gasteiger partial charge in [0.1, 0.15) is 0 Å². The molecule has 0 spiro atoms. The molecule has 29 heavy (non-hydrogen) atoms. The third-order valence-electron chi connectivity index (χ3n) is 4.48. The molecule has 2 aromatic heterocycles. The Kier molecular flexibility index (Phi) is 6.08. The van der Waals surface area contributed by atoms with Crippen molar-refractivity contribution in [2.45, 2.75) is 26.4 Å². The summed E-state index contributed by atoms with van der Waals surface area (Å²) in [6.45, 7) is 3.77. The van der Waals surface area contributed by atoms with E-state index in [9.17, 15) is 14.4 Å². The number of nitrogens with two attached hydrogens (primary N) is 1. The van der Waals surface area contributed by atoms with Crippen molar-refractivity contribution in [3.8, 4) is 0 Å². The Morgan fingerprint density at radius 3 is 2.69 bits per heavy atom. The summed E-state index contributed by atoms with van der Waals surface area (Å²) in [5.41, 5.74) is 7.45. The first-order valence-electron chi connectivity index (χ1n) is 9.31. The summed E-state index contributed by atoms with van der Waals surface area (Å²) < 4.78 is 2.83. The number of pyridine rings is 1. The van der Waals surface area contributed by atoms with Gasteiger partial charge in [0.25, 0.3) is 0 Å². The van der Waals surface area contributed by atoms with Crippen molar-refractivity contribution >= 4 is 23.1 Å². The number of nitrogens with zero attached hydrogens (tertiary/aromatic N) is 3. The van der Waals surface area contributed by atoms with E-state index in [2.05, 4.69) is 15.7 Å².